The zero-order chi connectivity index (χ0) is 18.5. The number of aryl methyl sites for hydroxylation is 1. The largest absolute Gasteiger partial charge is 0.435 e. The van der Waals surface area contributed by atoms with Crippen molar-refractivity contribution in [1.82, 2.24) is 24.9 Å². The van der Waals surface area contributed by atoms with Crippen molar-refractivity contribution < 1.29 is 14.3 Å². The Morgan fingerprint density at radius 2 is 2.19 bits per heavy atom. The summed E-state index contributed by atoms with van der Waals surface area (Å²) in [6, 6.07) is 0.166. The van der Waals surface area contributed by atoms with E-state index in [-0.39, 0.29) is 18.5 Å². The predicted octanol–water partition coefficient (Wildman–Crippen LogP) is 2.16. The number of aromatic nitrogens is 4. The molecule has 0 spiro atoms. The van der Waals surface area contributed by atoms with Crippen molar-refractivity contribution in [3.05, 3.63) is 29.2 Å². The second-order valence-corrected chi connectivity index (χ2v) is 7.78. The SMILES string of the molecule is Cc1nc(C2CC2)oc1C(=O)N1CCC[C@](O)(c2cn(C(C)C)nn2)C1. The first kappa shape index (κ1) is 17.2. The van der Waals surface area contributed by atoms with Crippen molar-refractivity contribution in [2.75, 3.05) is 13.1 Å². The van der Waals surface area contributed by atoms with E-state index < -0.39 is 5.60 Å². The Bertz CT molecular complexity index is 823. The number of oxazole rings is 1. The highest BCUT2D eigenvalue weighted by Crippen LogP contribution is 2.40. The minimum absolute atomic E-state index is 0.166. The maximum absolute atomic E-state index is 12.9. The molecule has 0 aromatic carbocycles. The van der Waals surface area contributed by atoms with E-state index in [0.717, 1.165) is 12.8 Å². The molecule has 26 heavy (non-hydrogen) atoms. The van der Waals surface area contributed by atoms with Gasteiger partial charge >= 0.3 is 0 Å². The lowest BCUT2D eigenvalue weighted by molar-refractivity contribution is -0.0328. The van der Waals surface area contributed by atoms with Crippen LogP contribution < -0.4 is 0 Å². The predicted molar refractivity (Wildman–Crippen MR) is 92.7 cm³/mol. The van der Waals surface area contributed by atoms with Crippen molar-refractivity contribution >= 4 is 5.91 Å². The van der Waals surface area contributed by atoms with Crippen LogP contribution in [0.3, 0.4) is 0 Å². The van der Waals surface area contributed by atoms with Gasteiger partial charge in [0.05, 0.1) is 18.4 Å². The summed E-state index contributed by atoms with van der Waals surface area (Å²) in [5.74, 6) is 1.11. The normalized spacial score (nSPS) is 23.7. The Labute approximate surface area is 152 Å². The summed E-state index contributed by atoms with van der Waals surface area (Å²) in [5.41, 5.74) is -0.0534. The van der Waals surface area contributed by atoms with Crippen LogP contribution in [0.4, 0.5) is 0 Å². The van der Waals surface area contributed by atoms with Gasteiger partial charge in [-0.15, -0.1) is 5.10 Å². The molecule has 1 saturated carbocycles. The number of carbonyl (C=O) groups excluding carboxylic acids is 1. The molecule has 1 amide bonds. The molecule has 2 aliphatic rings. The summed E-state index contributed by atoms with van der Waals surface area (Å²) >= 11 is 0. The standard InChI is InChI=1S/C18H25N5O3/c1-11(2)23-9-14(20-21-23)18(25)7-4-8-22(10-18)17(24)15-12(3)19-16(26-15)13-5-6-13/h9,11,13,25H,4-8,10H2,1-3H3/t18-/m1/s1. The number of amides is 1. The van der Waals surface area contributed by atoms with Gasteiger partial charge in [0, 0.05) is 18.5 Å². The first-order valence-electron chi connectivity index (χ1n) is 9.28. The third-order valence-electron chi connectivity index (χ3n) is 5.21. The second kappa shape index (κ2) is 6.19. The molecule has 140 valence electrons. The van der Waals surface area contributed by atoms with E-state index in [4.69, 9.17) is 4.42 Å². The third-order valence-corrected chi connectivity index (χ3v) is 5.21. The fourth-order valence-corrected chi connectivity index (χ4v) is 3.43. The van der Waals surface area contributed by atoms with Gasteiger partial charge in [0.25, 0.3) is 5.91 Å². The summed E-state index contributed by atoms with van der Waals surface area (Å²) in [6.45, 7) is 6.57. The zero-order valence-electron chi connectivity index (χ0n) is 15.5. The van der Waals surface area contributed by atoms with Gasteiger partial charge < -0.3 is 14.4 Å². The number of nitrogens with zero attached hydrogens (tertiary/aromatic N) is 5. The minimum Gasteiger partial charge on any atom is -0.435 e. The smallest absolute Gasteiger partial charge is 0.291 e. The van der Waals surface area contributed by atoms with Crippen LogP contribution in [0.25, 0.3) is 0 Å². The lowest BCUT2D eigenvalue weighted by atomic mass is 9.90. The van der Waals surface area contributed by atoms with E-state index in [9.17, 15) is 9.90 Å². The van der Waals surface area contributed by atoms with Crippen LogP contribution >= 0.6 is 0 Å². The van der Waals surface area contributed by atoms with Gasteiger partial charge in [-0.1, -0.05) is 5.21 Å². The molecule has 0 radical (unpaired) electrons. The maximum atomic E-state index is 12.9. The molecule has 3 heterocycles. The molecule has 8 heteroatoms. The monoisotopic (exact) mass is 359 g/mol. The molecule has 2 aromatic heterocycles. The topological polar surface area (TPSA) is 97.3 Å². The van der Waals surface area contributed by atoms with Crippen LogP contribution in [0, 0.1) is 6.92 Å². The number of piperidine rings is 1. The van der Waals surface area contributed by atoms with Gasteiger partial charge in [-0.25, -0.2) is 9.67 Å². The molecule has 1 saturated heterocycles. The molecule has 1 aliphatic heterocycles. The van der Waals surface area contributed by atoms with Crippen molar-refractivity contribution in [3.63, 3.8) is 0 Å². The number of likely N-dealkylation sites (tertiary alicyclic amines) is 1. The fraction of sp³-hybridized carbons (Fsp3) is 0.667. The highest BCUT2D eigenvalue weighted by molar-refractivity contribution is 5.92. The Balaban J connectivity index is 1.54. The summed E-state index contributed by atoms with van der Waals surface area (Å²) in [5, 5.41) is 19.3. The molecular weight excluding hydrogens is 334 g/mol. The summed E-state index contributed by atoms with van der Waals surface area (Å²) in [7, 11) is 0. The molecule has 0 bridgehead atoms. The number of β-amino-alcohol motifs (C(OH)–C–C–N with tert-alkyl or cyclic N) is 1. The van der Waals surface area contributed by atoms with E-state index in [0.29, 0.717) is 48.3 Å². The number of carbonyl (C=O) groups is 1. The van der Waals surface area contributed by atoms with Gasteiger partial charge in [-0.05, 0) is 46.5 Å². The maximum Gasteiger partial charge on any atom is 0.291 e. The number of hydrogen-bond donors (Lipinski definition) is 1. The van der Waals surface area contributed by atoms with Crippen molar-refractivity contribution in [3.8, 4) is 0 Å². The van der Waals surface area contributed by atoms with Gasteiger partial charge in [0.2, 0.25) is 5.76 Å². The number of rotatable bonds is 4. The molecule has 8 nitrogen and oxygen atoms in total. The molecule has 1 atom stereocenters. The van der Waals surface area contributed by atoms with E-state index in [2.05, 4.69) is 15.3 Å². The van der Waals surface area contributed by atoms with Crippen molar-refractivity contribution in [2.45, 2.75) is 64.0 Å². The molecular formula is C18H25N5O3. The molecule has 1 N–H and O–H groups in total. The van der Waals surface area contributed by atoms with Crippen LogP contribution in [0.15, 0.2) is 10.6 Å². The zero-order valence-corrected chi connectivity index (χ0v) is 15.5. The van der Waals surface area contributed by atoms with E-state index >= 15 is 0 Å². The molecule has 4 rings (SSSR count). The Morgan fingerprint density at radius 1 is 1.42 bits per heavy atom. The first-order chi connectivity index (χ1) is 12.4. The van der Waals surface area contributed by atoms with E-state index in [1.807, 2.05) is 13.8 Å². The minimum atomic E-state index is -1.19. The highest BCUT2D eigenvalue weighted by atomic mass is 16.4. The molecule has 2 fully saturated rings. The number of aliphatic hydroxyl groups is 1. The van der Waals surface area contributed by atoms with Crippen LogP contribution in [-0.2, 0) is 5.60 Å². The second-order valence-electron chi connectivity index (χ2n) is 7.78. The Hall–Kier alpha value is -2.22. The van der Waals surface area contributed by atoms with Gasteiger partial charge in [0.1, 0.15) is 11.3 Å². The highest BCUT2D eigenvalue weighted by Gasteiger charge is 2.41. The summed E-state index contributed by atoms with van der Waals surface area (Å²) < 4.78 is 7.47. The van der Waals surface area contributed by atoms with Gasteiger partial charge in [-0.3, -0.25) is 4.79 Å². The van der Waals surface area contributed by atoms with E-state index in [1.165, 1.54) is 0 Å². The summed E-state index contributed by atoms with van der Waals surface area (Å²) in [6.07, 6.45) is 5.16. The average molecular weight is 359 g/mol. The van der Waals surface area contributed by atoms with Crippen LogP contribution in [-0.4, -0.2) is 49.0 Å². The summed E-state index contributed by atoms with van der Waals surface area (Å²) in [4.78, 5) is 19.0. The Kier molecular flexibility index (Phi) is 4.10. The molecule has 0 unspecified atom stereocenters. The number of hydrogen-bond acceptors (Lipinski definition) is 6. The van der Waals surface area contributed by atoms with Crippen molar-refractivity contribution in [2.24, 2.45) is 0 Å². The molecule has 2 aromatic rings. The van der Waals surface area contributed by atoms with Crippen LogP contribution in [0.1, 0.15) is 79.3 Å². The quantitative estimate of drug-likeness (QED) is 0.898. The molecule has 1 aliphatic carbocycles. The fourth-order valence-electron chi connectivity index (χ4n) is 3.43. The van der Waals surface area contributed by atoms with Crippen molar-refractivity contribution in [1.29, 1.82) is 0 Å². The lowest BCUT2D eigenvalue weighted by Crippen LogP contribution is -2.48. The van der Waals surface area contributed by atoms with Crippen LogP contribution in [0.5, 0.6) is 0 Å². The Morgan fingerprint density at radius 3 is 2.85 bits per heavy atom. The van der Waals surface area contributed by atoms with E-state index in [1.54, 1.807) is 22.7 Å². The average Bonchev–Trinajstić information content (AvgIpc) is 3.18. The third kappa shape index (κ3) is 3.02. The lowest BCUT2D eigenvalue weighted by Gasteiger charge is -2.37. The van der Waals surface area contributed by atoms with Crippen LogP contribution in [0.2, 0.25) is 0 Å². The first-order valence-corrected chi connectivity index (χ1v) is 9.28. The van der Waals surface area contributed by atoms with Gasteiger partial charge in [-0.2, -0.15) is 0 Å². The van der Waals surface area contributed by atoms with Gasteiger partial charge in [0.15, 0.2) is 5.89 Å².